The summed E-state index contributed by atoms with van der Waals surface area (Å²) in [5.41, 5.74) is 5.22. The highest BCUT2D eigenvalue weighted by molar-refractivity contribution is 7.85. The average molecular weight is 200 g/mol. The third-order valence-corrected chi connectivity index (χ3v) is 2.79. The molecule has 1 aliphatic rings. The number of nitrogens with two attached hydrogens (primary N) is 1. The summed E-state index contributed by atoms with van der Waals surface area (Å²) in [5, 5.41) is 0. The van der Waals surface area contributed by atoms with Gasteiger partial charge >= 0.3 is 0 Å². The Balaban J connectivity index is 2.50. The van der Waals surface area contributed by atoms with Crippen LogP contribution in [0.5, 0.6) is 0 Å². The molecule has 1 amide bonds. The van der Waals surface area contributed by atoms with Crippen molar-refractivity contribution in [3.8, 4) is 0 Å². The van der Waals surface area contributed by atoms with Crippen LogP contribution in [-0.4, -0.2) is 23.9 Å². The number of amides is 1. The molecule has 1 heterocycles. The van der Waals surface area contributed by atoms with Crippen molar-refractivity contribution in [2.75, 3.05) is 13.1 Å². The number of carbonyl (C=O) groups excluding carboxylic acids is 1. The number of hydrogen-bond acceptors (Lipinski definition) is 3. The monoisotopic (exact) mass is 200 g/mol. The Kier molecular flexibility index (Phi) is 3.66. The van der Waals surface area contributed by atoms with Gasteiger partial charge in [0.15, 0.2) is 0 Å². The van der Waals surface area contributed by atoms with Gasteiger partial charge < -0.3 is 10.6 Å². The standard InChI is InChI=1S/C9H16N2OS/c1-7-2-4-11(5-3-7)9(12)8(13)6-10/h6-7,13H,2-5,10H2,1H3/b8-6-. The first-order valence-electron chi connectivity index (χ1n) is 4.55. The van der Waals surface area contributed by atoms with Crippen LogP contribution in [0.15, 0.2) is 11.1 Å². The number of nitrogens with zero attached hydrogens (tertiary/aromatic N) is 1. The van der Waals surface area contributed by atoms with Gasteiger partial charge in [0.05, 0.1) is 4.91 Å². The van der Waals surface area contributed by atoms with Crippen LogP contribution in [-0.2, 0) is 4.79 Å². The second-order valence-electron chi connectivity index (χ2n) is 3.53. The molecule has 0 radical (unpaired) electrons. The molecule has 74 valence electrons. The smallest absolute Gasteiger partial charge is 0.261 e. The normalized spacial score (nSPS) is 20.5. The second kappa shape index (κ2) is 4.56. The quantitative estimate of drug-likeness (QED) is 0.489. The van der Waals surface area contributed by atoms with Crippen molar-refractivity contribution in [3.63, 3.8) is 0 Å². The number of piperidine rings is 1. The van der Waals surface area contributed by atoms with E-state index in [2.05, 4.69) is 19.6 Å². The lowest BCUT2D eigenvalue weighted by Gasteiger charge is -2.30. The lowest BCUT2D eigenvalue weighted by Crippen LogP contribution is -2.38. The van der Waals surface area contributed by atoms with Gasteiger partial charge in [-0.25, -0.2) is 0 Å². The van der Waals surface area contributed by atoms with Crippen LogP contribution >= 0.6 is 12.6 Å². The molecule has 0 saturated carbocycles. The maximum Gasteiger partial charge on any atom is 0.261 e. The van der Waals surface area contributed by atoms with Crippen molar-refractivity contribution in [3.05, 3.63) is 11.1 Å². The van der Waals surface area contributed by atoms with E-state index in [9.17, 15) is 4.79 Å². The first kappa shape index (κ1) is 10.4. The number of likely N-dealkylation sites (tertiary alicyclic amines) is 1. The largest absolute Gasteiger partial charge is 0.404 e. The Bertz CT molecular complexity index is 220. The van der Waals surface area contributed by atoms with Crippen molar-refractivity contribution in [1.29, 1.82) is 0 Å². The van der Waals surface area contributed by atoms with Gasteiger partial charge in [0.25, 0.3) is 5.91 Å². The molecule has 1 fully saturated rings. The predicted octanol–water partition coefficient (Wildman–Crippen LogP) is 0.975. The van der Waals surface area contributed by atoms with E-state index in [-0.39, 0.29) is 5.91 Å². The molecule has 1 rings (SSSR count). The van der Waals surface area contributed by atoms with Crippen LogP contribution in [0, 0.1) is 5.92 Å². The molecule has 1 saturated heterocycles. The fraction of sp³-hybridized carbons (Fsp3) is 0.667. The molecular weight excluding hydrogens is 184 g/mol. The highest BCUT2D eigenvalue weighted by Gasteiger charge is 2.21. The summed E-state index contributed by atoms with van der Waals surface area (Å²) in [7, 11) is 0. The molecule has 2 N–H and O–H groups in total. The Hall–Kier alpha value is -0.640. The fourth-order valence-corrected chi connectivity index (χ4v) is 1.59. The van der Waals surface area contributed by atoms with Gasteiger partial charge in [0.2, 0.25) is 0 Å². The third-order valence-electron chi connectivity index (χ3n) is 2.45. The molecule has 0 atom stereocenters. The number of thiol groups is 1. The Morgan fingerprint density at radius 2 is 2.08 bits per heavy atom. The first-order valence-corrected chi connectivity index (χ1v) is 5.00. The van der Waals surface area contributed by atoms with Gasteiger partial charge in [-0.15, -0.1) is 12.6 Å². The lowest BCUT2D eigenvalue weighted by molar-refractivity contribution is -0.127. The highest BCUT2D eigenvalue weighted by atomic mass is 32.1. The minimum Gasteiger partial charge on any atom is -0.404 e. The molecule has 0 bridgehead atoms. The molecule has 0 aromatic rings. The van der Waals surface area contributed by atoms with E-state index in [4.69, 9.17) is 5.73 Å². The zero-order chi connectivity index (χ0) is 9.84. The van der Waals surface area contributed by atoms with Crippen LogP contribution in [0.25, 0.3) is 0 Å². The van der Waals surface area contributed by atoms with Crippen LogP contribution in [0.3, 0.4) is 0 Å². The minimum atomic E-state index is -0.0438. The zero-order valence-electron chi connectivity index (χ0n) is 7.86. The SMILES string of the molecule is CC1CCN(C(=O)/C(S)=C/N)CC1. The van der Waals surface area contributed by atoms with Gasteiger partial charge in [0, 0.05) is 19.3 Å². The summed E-state index contributed by atoms with van der Waals surface area (Å²) in [6, 6.07) is 0. The maximum atomic E-state index is 11.5. The van der Waals surface area contributed by atoms with E-state index in [1.165, 1.54) is 6.20 Å². The predicted molar refractivity (Wildman–Crippen MR) is 56.2 cm³/mol. The molecule has 3 nitrogen and oxygen atoms in total. The van der Waals surface area contributed by atoms with E-state index >= 15 is 0 Å². The highest BCUT2D eigenvalue weighted by Crippen LogP contribution is 2.18. The molecule has 0 spiro atoms. The van der Waals surface area contributed by atoms with Crippen LogP contribution < -0.4 is 5.73 Å². The molecule has 0 aromatic heterocycles. The summed E-state index contributed by atoms with van der Waals surface area (Å²) in [5.74, 6) is 0.687. The van der Waals surface area contributed by atoms with Crippen LogP contribution in [0.1, 0.15) is 19.8 Å². The Morgan fingerprint density at radius 3 is 2.54 bits per heavy atom. The van der Waals surface area contributed by atoms with Gasteiger partial charge in [-0.3, -0.25) is 4.79 Å². The molecule has 13 heavy (non-hydrogen) atoms. The van der Waals surface area contributed by atoms with Gasteiger partial charge in [-0.1, -0.05) is 6.92 Å². The molecule has 0 aliphatic carbocycles. The van der Waals surface area contributed by atoms with Gasteiger partial charge in [-0.05, 0) is 18.8 Å². The fourth-order valence-electron chi connectivity index (χ4n) is 1.44. The van der Waals surface area contributed by atoms with E-state index < -0.39 is 0 Å². The molecular formula is C9H16N2OS. The van der Waals surface area contributed by atoms with E-state index in [1.54, 1.807) is 0 Å². The van der Waals surface area contributed by atoms with Gasteiger partial charge in [0.1, 0.15) is 0 Å². The van der Waals surface area contributed by atoms with E-state index in [1.807, 2.05) is 4.90 Å². The summed E-state index contributed by atoms with van der Waals surface area (Å²) in [6.45, 7) is 3.87. The Morgan fingerprint density at radius 1 is 1.54 bits per heavy atom. The van der Waals surface area contributed by atoms with Crippen molar-refractivity contribution in [2.45, 2.75) is 19.8 Å². The average Bonchev–Trinajstić information content (AvgIpc) is 2.17. The van der Waals surface area contributed by atoms with Crippen molar-refractivity contribution >= 4 is 18.5 Å². The maximum absolute atomic E-state index is 11.5. The Labute approximate surface area is 84.4 Å². The molecule has 0 aromatic carbocycles. The van der Waals surface area contributed by atoms with E-state index in [0.29, 0.717) is 4.91 Å². The number of rotatable bonds is 1. The topological polar surface area (TPSA) is 46.3 Å². The minimum absolute atomic E-state index is 0.0438. The lowest BCUT2D eigenvalue weighted by atomic mass is 9.99. The molecule has 4 heteroatoms. The number of carbonyl (C=O) groups is 1. The summed E-state index contributed by atoms with van der Waals surface area (Å²) in [4.78, 5) is 13.7. The van der Waals surface area contributed by atoms with E-state index in [0.717, 1.165) is 31.8 Å². The van der Waals surface area contributed by atoms with Crippen molar-refractivity contribution < 1.29 is 4.79 Å². The zero-order valence-corrected chi connectivity index (χ0v) is 8.76. The van der Waals surface area contributed by atoms with Gasteiger partial charge in [-0.2, -0.15) is 0 Å². The van der Waals surface area contributed by atoms with Crippen LogP contribution in [0.4, 0.5) is 0 Å². The van der Waals surface area contributed by atoms with Crippen molar-refractivity contribution in [1.82, 2.24) is 4.90 Å². The third kappa shape index (κ3) is 2.66. The second-order valence-corrected chi connectivity index (χ2v) is 4.01. The number of hydrogen-bond donors (Lipinski definition) is 2. The summed E-state index contributed by atoms with van der Waals surface area (Å²) >= 11 is 4.00. The molecule has 0 unspecified atom stereocenters. The van der Waals surface area contributed by atoms with Crippen molar-refractivity contribution in [2.24, 2.45) is 11.7 Å². The molecule has 1 aliphatic heterocycles. The first-order chi connectivity index (χ1) is 6.15. The van der Waals surface area contributed by atoms with Crippen LogP contribution in [0.2, 0.25) is 0 Å². The summed E-state index contributed by atoms with van der Waals surface area (Å²) < 4.78 is 0. The summed E-state index contributed by atoms with van der Waals surface area (Å²) in [6.07, 6.45) is 3.41.